The van der Waals surface area contributed by atoms with Crippen molar-refractivity contribution >= 4 is 21.4 Å². The van der Waals surface area contributed by atoms with Gasteiger partial charge < -0.3 is 5.32 Å². The van der Waals surface area contributed by atoms with Gasteiger partial charge in [-0.3, -0.25) is 10.1 Å². The van der Waals surface area contributed by atoms with E-state index in [-0.39, 0.29) is 16.9 Å². The molecule has 0 fully saturated rings. The molecule has 0 bridgehead atoms. The van der Waals surface area contributed by atoms with Crippen LogP contribution in [0.5, 0.6) is 0 Å². The Labute approximate surface area is 125 Å². The summed E-state index contributed by atoms with van der Waals surface area (Å²) in [7, 11) is -0.869. The Bertz CT molecular complexity index is 628. The van der Waals surface area contributed by atoms with E-state index in [9.17, 15) is 18.5 Å². The Morgan fingerprint density at radius 2 is 1.86 bits per heavy atom. The Morgan fingerprint density at radius 3 is 2.29 bits per heavy atom. The van der Waals surface area contributed by atoms with E-state index in [0.29, 0.717) is 5.69 Å². The molecule has 0 aliphatic rings. The first-order chi connectivity index (χ1) is 9.62. The molecular formula is C13H21N3O4S. The van der Waals surface area contributed by atoms with E-state index in [2.05, 4.69) is 5.32 Å². The first-order valence-electron chi connectivity index (χ1n) is 6.57. The SMILES string of the molecule is CNc1ccc(S(=O)(=O)N(C)C(C)C(C)C)c([N+](=O)[O-])c1. The lowest BCUT2D eigenvalue weighted by molar-refractivity contribution is -0.387. The van der Waals surface area contributed by atoms with Gasteiger partial charge >= 0.3 is 0 Å². The van der Waals surface area contributed by atoms with Gasteiger partial charge in [0.1, 0.15) is 0 Å². The van der Waals surface area contributed by atoms with Crippen molar-refractivity contribution in [2.45, 2.75) is 31.7 Å². The lowest BCUT2D eigenvalue weighted by atomic mass is 10.1. The van der Waals surface area contributed by atoms with Gasteiger partial charge in [0.2, 0.25) is 10.0 Å². The van der Waals surface area contributed by atoms with E-state index in [1.54, 1.807) is 14.0 Å². The third-order valence-electron chi connectivity index (χ3n) is 3.64. The molecule has 0 radical (unpaired) electrons. The van der Waals surface area contributed by atoms with Crippen molar-refractivity contribution in [2.75, 3.05) is 19.4 Å². The minimum atomic E-state index is -3.92. The van der Waals surface area contributed by atoms with Crippen LogP contribution in [0.4, 0.5) is 11.4 Å². The maximum Gasteiger partial charge on any atom is 0.291 e. The van der Waals surface area contributed by atoms with E-state index < -0.39 is 20.6 Å². The molecule has 0 spiro atoms. The predicted molar refractivity (Wildman–Crippen MR) is 81.9 cm³/mol. The lowest BCUT2D eigenvalue weighted by Crippen LogP contribution is -2.38. The van der Waals surface area contributed by atoms with Crippen LogP contribution in [0, 0.1) is 16.0 Å². The molecule has 1 atom stereocenters. The molecule has 21 heavy (non-hydrogen) atoms. The van der Waals surface area contributed by atoms with Crippen molar-refractivity contribution in [1.29, 1.82) is 0 Å². The summed E-state index contributed by atoms with van der Waals surface area (Å²) in [5, 5.41) is 13.9. The van der Waals surface area contributed by atoms with Crippen LogP contribution in [-0.4, -0.2) is 37.8 Å². The van der Waals surface area contributed by atoms with E-state index >= 15 is 0 Å². The maximum absolute atomic E-state index is 12.6. The molecule has 1 aromatic carbocycles. The fourth-order valence-corrected chi connectivity index (χ4v) is 3.46. The van der Waals surface area contributed by atoms with Crippen molar-refractivity contribution < 1.29 is 13.3 Å². The zero-order valence-corrected chi connectivity index (χ0v) is 13.6. The largest absolute Gasteiger partial charge is 0.388 e. The van der Waals surface area contributed by atoms with Crippen molar-refractivity contribution in [2.24, 2.45) is 5.92 Å². The number of rotatable bonds is 6. The van der Waals surface area contributed by atoms with Gasteiger partial charge in [-0.05, 0) is 25.0 Å². The highest BCUT2D eigenvalue weighted by molar-refractivity contribution is 7.89. The van der Waals surface area contributed by atoms with E-state index in [0.717, 1.165) is 0 Å². The Morgan fingerprint density at radius 1 is 1.29 bits per heavy atom. The normalized spacial score (nSPS) is 13.5. The van der Waals surface area contributed by atoms with Crippen LogP contribution in [-0.2, 0) is 10.0 Å². The van der Waals surface area contributed by atoms with Gasteiger partial charge in [0.15, 0.2) is 4.90 Å². The Hall–Kier alpha value is -1.67. The average molecular weight is 315 g/mol. The van der Waals surface area contributed by atoms with Crippen molar-refractivity contribution in [3.8, 4) is 0 Å². The number of hydrogen-bond donors (Lipinski definition) is 1. The number of hydrogen-bond acceptors (Lipinski definition) is 5. The van der Waals surface area contributed by atoms with Crippen molar-refractivity contribution in [3.63, 3.8) is 0 Å². The number of nitro groups is 1. The van der Waals surface area contributed by atoms with Gasteiger partial charge in [0.05, 0.1) is 4.92 Å². The summed E-state index contributed by atoms with van der Waals surface area (Å²) in [4.78, 5) is 10.2. The monoisotopic (exact) mass is 315 g/mol. The molecule has 0 saturated carbocycles. The summed E-state index contributed by atoms with van der Waals surface area (Å²) in [6.07, 6.45) is 0. The van der Waals surface area contributed by atoms with Crippen LogP contribution in [0.1, 0.15) is 20.8 Å². The third kappa shape index (κ3) is 3.51. The smallest absolute Gasteiger partial charge is 0.291 e. The van der Waals surface area contributed by atoms with Gasteiger partial charge in [-0.2, -0.15) is 4.31 Å². The van der Waals surface area contributed by atoms with Gasteiger partial charge in [0, 0.05) is 31.9 Å². The number of nitrogens with one attached hydrogen (secondary N) is 1. The van der Waals surface area contributed by atoms with Gasteiger partial charge in [-0.15, -0.1) is 0 Å². The number of nitrogens with zero attached hydrogens (tertiary/aromatic N) is 2. The fraction of sp³-hybridized carbons (Fsp3) is 0.538. The molecule has 0 aliphatic heterocycles. The van der Waals surface area contributed by atoms with Crippen LogP contribution < -0.4 is 5.32 Å². The molecule has 1 unspecified atom stereocenters. The van der Waals surface area contributed by atoms with Gasteiger partial charge in [-0.25, -0.2) is 8.42 Å². The fourth-order valence-electron chi connectivity index (χ4n) is 1.83. The highest BCUT2D eigenvalue weighted by Crippen LogP contribution is 2.30. The Kier molecular flexibility index (Phi) is 5.30. The average Bonchev–Trinajstić information content (AvgIpc) is 2.44. The summed E-state index contributed by atoms with van der Waals surface area (Å²) in [5.41, 5.74) is 0.0601. The number of nitro benzene ring substituents is 1. The van der Waals surface area contributed by atoms with Gasteiger partial charge in [0.25, 0.3) is 5.69 Å². The van der Waals surface area contributed by atoms with Crippen LogP contribution >= 0.6 is 0 Å². The summed E-state index contributed by atoms with van der Waals surface area (Å²) >= 11 is 0. The highest BCUT2D eigenvalue weighted by atomic mass is 32.2. The molecule has 0 aliphatic carbocycles. The molecule has 0 aromatic heterocycles. The summed E-state index contributed by atoms with van der Waals surface area (Å²) in [6, 6.07) is 3.73. The maximum atomic E-state index is 12.6. The molecule has 1 aromatic rings. The quantitative estimate of drug-likeness (QED) is 0.642. The van der Waals surface area contributed by atoms with Crippen molar-refractivity contribution in [3.05, 3.63) is 28.3 Å². The third-order valence-corrected chi connectivity index (χ3v) is 5.63. The molecular weight excluding hydrogens is 294 g/mol. The van der Waals surface area contributed by atoms with Crippen LogP contribution in [0.25, 0.3) is 0 Å². The minimum Gasteiger partial charge on any atom is -0.388 e. The second kappa shape index (κ2) is 6.40. The van der Waals surface area contributed by atoms with Gasteiger partial charge in [-0.1, -0.05) is 13.8 Å². The first-order valence-corrected chi connectivity index (χ1v) is 8.01. The molecule has 0 saturated heterocycles. The first kappa shape index (κ1) is 17.4. The standard InChI is InChI=1S/C13H21N3O4S/c1-9(2)10(3)15(5)21(19,20)13-7-6-11(14-4)8-12(13)16(17)18/h6-10,14H,1-5H3. The lowest BCUT2D eigenvalue weighted by Gasteiger charge is -2.27. The molecule has 8 heteroatoms. The topological polar surface area (TPSA) is 92.6 Å². The summed E-state index contributed by atoms with van der Waals surface area (Å²) in [6.45, 7) is 5.57. The van der Waals surface area contributed by atoms with E-state index in [4.69, 9.17) is 0 Å². The number of benzene rings is 1. The second-order valence-electron chi connectivity index (χ2n) is 5.20. The van der Waals surface area contributed by atoms with Crippen LogP contribution in [0.2, 0.25) is 0 Å². The van der Waals surface area contributed by atoms with Crippen molar-refractivity contribution in [1.82, 2.24) is 4.31 Å². The number of sulfonamides is 1. The van der Waals surface area contributed by atoms with Crippen LogP contribution in [0.15, 0.2) is 23.1 Å². The molecule has 7 nitrogen and oxygen atoms in total. The predicted octanol–water partition coefficient (Wildman–Crippen LogP) is 2.30. The zero-order valence-electron chi connectivity index (χ0n) is 12.8. The van der Waals surface area contributed by atoms with E-state index in [1.807, 2.05) is 13.8 Å². The molecule has 0 amide bonds. The summed E-state index contributed by atoms with van der Waals surface area (Å²) < 4.78 is 26.4. The highest BCUT2D eigenvalue weighted by Gasteiger charge is 2.33. The molecule has 0 heterocycles. The molecule has 1 rings (SSSR count). The molecule has 1 N–H and O–H groups in total. The van der Waals surface area contributed by atoms with E-state index in [1.165, 1.54) is 29.6 Å². The zero-order chi connectivity index (χ0) is 16.4. The number of anilines is 1. The summed E-state index contributed by atoms with van der Waals surface area (Å²) in [5.74, 6) is 0.0976. The van der Waals surface area contributed by atoms with Crippen LogP contribution in [0.3, 0.4) is 0 Å². The Balaban J connectivity index is 3.41. The second-order valence-corrected chi connectivity index (χ2v) is 7.16. The minimum absolute atomic E-state index is 0.0976. The molecule has 118 valence electrons.